The molecule has 5 heteroatoms. The first kappa shape index (κ1) is 11.2. The van der Waals surface area contributed by atoms with Gasteiger partial charge in [-0.25, -0.2) is 8.78 Å². The Kier molecular flexibility index (Phi) is 4.10. The van der Waals surface area contributed by atoms with Gasteiger partial charge in [0.25, 0.3) is 0 Å². The zero-order chi connectivity index (χ0) is 10.6. The maximum absolute atomic E-state index is 13.1. The summed E-state index contributed by atoms with van der Waals surface area (Å²) in [6.45, 7) is 0.839. The lowest BCUT2D eigenvalue weighted by Crippen LogP contribution is -2.09. The van der Waals surface area contributed by atoms with Gasteiger partial charge >= 0.3 is 0 Å². The fraction of sp³-hybridized carbons (Fsp3) is 0.333. The number of methoxy groups -OCH3 is 1. The molecule has 0 aliphatic carbocycles. The molecule has 0 aromatic heterocycles. The largest absolute Gasteiger partial charge is 0.383 e. The van der Waals surface area contributed by atoms with Crippen molar-refractivity contribution in [3.05, 3.63) is 28.8 Å². The Balaban J connectivity index is 2.75. The predicted octanol–water partition coefficient (Wildman–Crippen LogP) is 2.68. The highest BCUT2D eigenvalue weighted by atomic mass is 35.5. The fourth-order valence-electron chi connectivity index (χ4n) is 0.989. The van der Waals surface area contributed by atoms with Gasteiger partial charge in [0.15, 0.2) is 5.82 Å². The molecule has 0 radical (unpaired) electrons. The molecule has 0 heterocycles. The average molecular weight is 222 g/mol. The Labute approximate surface area is 85.8 Å². The number of benzene rings is 1. The highest BCUT2D eigenvalue weighted by Crippen LogP contribution is 2.25. The first-order valence-electron chi connectivity index (χ1n) is 4.02. The first-order valence-corrected chi connectivity index (χ1v) is 4.40. The molecule has 1 rings (SSSR count). The van der Waals surface area contributed by atoms with Gasteiger partial charge in [0, 0.05) is 19.7 Å². The van der Waals surface area contributed by atoms with Crippen LogP contribution in [0.5, 0.6) is 0 Å². The lowest BCUT2D eigenvalue weighted by atomic mass is 10.3. The molecule has 0 fully saturated rings. The summed E-state index contributed by atoms with van der Waals surface area (Å²) in [4.78, 5) is 0. The summed E-state index contributed by atoms with van der Waals surface area (Å²) in [5.41, 5.74) is 0.102. The number of anilines is 1. The van der Waals surface area contributed by atoms with Gasteiger partial charge < -0.3 is 10.1 Å². The minimum absolute atomic E-state index is 0.0265. The van der Waals surface area contributed by atoms with Gasteiger partial charge in [-0.05, 0) is 6.07 Å². The van der Waals surface area contributed by atoms with Crippen LogP contribution in [0.1, 0.15) is 0 Å². The van der Waals surface area contributed by atoms with E-state index in [1.165, 1.54) is 7.11 Å². The third-order valence-electron chi connectivity index (χ3n) is 1.61. The monoisotopic (exact) mass is 221 g/mol. The van der Waals surface area contributed by atoms with Crippen LogP contribution in [0.15, 0.2) is 12.1 Å². The molecule has 0 saturated carbocycles. The van der Waals surface area contributed by atoms with Crippen LogP contribution in [-0.4, -0.2) is 20.3 Å². The smallest absolute Gasteiger partial charge is 0.150 e. The number of ether oxygens (including phenoxy) is 1. The van der Waals surface area contributed by atoms with E-state index < -0.39 is 11.6 Å². The third kappa shape index (κ3) is 2.82. The van der Waals surface area contributed by atoms with Crippen LogP contribution < -0.4 is 5.32 Å². The van der Waals surface area contributed by atoms with Crippen LogP contribution in [0.4, 0.5) is 14.5 Å². The van der Waals surface area contributed by atoms with Crippen molar-refractivity contribution in [2.75, 3.05) is 25.6 Å². The van der Waals surface area contributed by atoms with Crippen molar-refractivity contribution in [1.82, 2.24) is 0 Å². The molecular formula is C9H10ClF2NO. The van der Waals surface area contributed by atoms with Crippen LogP contribution in [0.25, 0.3) is 0 Å². The molecule has 14 heavy (non-hydrogen) atoms. The molecular weight excluding hydrogens is 212 g/mol. The number of rotatable bonds is 4. The molecule has 78 valence electrons. The van der Waals surface area contributed by atoms with E-state index >= 15 is 0 Å². The van der Waals surface area contributed by atoms with E-state index in [4.69, 9.17) is 16.3 Å². The summed E-state index contributed by atoms with van der Waals surface area (Å²) in [7, 11) is 1.53. The molecule has 0 amide bonds. The van der Waals surface area contributed by atoms with E-state index in [9.17, 15) is 8.78 Å². The van der Waals surface area contributed by atoms with E-state index in [1.54, 1.807) is 0 Å². The van der Waals surface area contributed by atoms with Crippen LogP contribution >= 0.6 is 11.6 Å². The van der Waals surface area contributed by atoms with E-state index in [0.717, 1.165) is 12.1 Å². The first-order chi connectivity index (χ1) is 6.65. The highest BCUT2D eigenvalue weighted by molar-refractivity contribution is 6.33. The number of halogens is 3. The number of hydrogen-bond acceptors (Lipinski definition) is 2. The fourth-order valence-corrected chi connectivity index (χ4v) is 1.25. The van der Waals surface area contributed by atoms with Crippen LogP contribution in [0.2, 0.25) is 5.02 Å². The normalized spacial score (nSPS) is 10.3. The predicted molar refractivity (Wildman–Crippen MR) is 51.7 cm³/mol. The molecule has 1 N–H and O–H groups in total. The van der Waals surface area contributed by atoms with E-state index in [2.05, 4.69) is 5.32 Å². The minimum Gasteiger partial charge on any atom is -0.383 e. The zero-order valence-electron chi connectivity index (χ0n) is 7.61. The second-order valence-corrected chi connectivity index (χ2v) is 3.07. The van der Waals surface area contributed by atoms with Crippen molar-refractivity contribution in [3.63, 3.8) is 0 Å². The Morgan fingerprint density at radius 2 is 2.14 bits per heavy atom. The van der Waals surface area contributed by atoms with Gasteiger partial charge in [-0.2, -0.15) is 0 Å². The standard InChI is InChI=1S/C9H10ClF2NO/c1-14-3-2-13-9-7(10)4-6(11)5-8(9)12/h4-5,13H,2-3H2,1H3. The average Bonchev–Trinajstić information content (AvgIpc) is 2.09. The Morgan fingerprint density at radius 1 is 1.43 bits per heavy atom. The highest BCUT2D eigenvalue weighted by Gasteiger charge is 2.08. The quantitative estimate of drug-likeness (QED) is 0.790. The van der Waals surface area contributed by atoms with Gasteiger partial charge in [-0.1, -0.05) is 11.6 Å². The summed E-state index contributed by atoms with van der Waals surface area (Å²) in [5.74, 6) is -1.39. The van der Waals surface area contributed by atoms with Crippen molar-refractivity contribution < 1.29 is 13.5 Å². The van der Waals surface area contributed by atoms with Crippen molar-refractivity contribution in [2.24, 2.45) is 0 Å². The topological polar surface area (TPSA) is 21.3 Å². The maximum Gasteiger partial charge on any atom is 0.150 e. The summed E-state index contributed by atoms with van der Waals surface area (Å²) < 4.78 is 30.5. The van der Waals surface area contributed by atoms with Gasteiger partial charge in [0.1, 0.15) is 5.82 Å². The molecule has 0 aliphatic rings. The Morgan fingerprint density at radius 3 is 2.71 bits per heavy atom. The van der Waals surface area contributed by atoms with E-state index in [1.807, 2.05) is 0 Å². The molecule has 1 aromatic carbocycles. The molecule has 0 bridgehead atoms. The molecule has 0 unspecified atom stereocenters. The Bertz CT molecular complexity index is 297. The molecule has 0 saturated heterocycles. The van der Waals surface area contributed by atoms with Gasteiger partial charge in [-0.15, -0.1) is 0 Å². The zero-order valence-corrected chi connectivity index (χ0v) is 8.37. The molecule has 1 aromatic rings. The van der Waals surface area contributed by atoms with Gasteiger partial charge in [0.05, 0.1) is 17.3 Å². The van der Waals surface area contributed by atoms with Crippen LogP contribution in [-0.2, 0) is 4.74 Å². The second kappa shape index (κ2) is 5.12. The molecule has 0 spiro atoms. The summed E-state index contributed by atoms with van der Waals surface area (Å²) in [6.07, 6.45) is 0. The van der Waals surface area contributed by atoms with Crippen molar-refractivity contribution in [3.8, 4) is 0 Å². The van der Waals surface area contributed by atoms with E-state index in [0.29, 0.717) is 13.2 Å². The van der Waals surface area contributed by atoms with Crippen LogP contribution in [0.3, 0.4) is 0 Å². The summed E-state index contributed by atoms with van der Waals surface area (Å²) >= 11 is 5.63. The second-order valence-electron chi connectivity index (χ2n) is 2.66. The minimum atomic E-state index is -0.703. The number of nitrogens with one attached hydrogen (secondary N) is 1. The van der Waals surface area contributed by atoms with E-state index in [-0.39, 0.29) is 10.7 Å². The number of hydrogen-bond donors (Lipinski definition) is 1. The van der Waals surface area contributed by atoms with Gasteiger partial charge in [-0.3, -0.25) is 0 Å². The third-order valence-corrected chi connectivity index (χ3v) is 1.91. The van der Waals surface area contributed by atoms with Crippen LogP contribution in [0, 0.1) is 11.6 Å². The van der Waals surface area contributed by atoms with Crippen molar-refractivity contribution in [1.29, 1.82) is 0 Å². The summed E-state index contributed by atoms with van der Waals surface area (Å²) in [5, 5.41) is 2.74. The lowest BCUT2D eigenvalue weighted by Gasteiger charge is -2.08. The SMILES string of the molecule is COCCNc1c(F)cc(F)cc1Cl. The maximum atomic E-state index is 13.1. The molecule has 0 aliphatic heterocycles. The summed E-state index contributed by atoms with van der Waals surface area (Å²) in [6, 6.07) is 1.83. The van der Waals surface area contributed by atoms with Crippen molar-refractivity contribution in [2.45, 2.75) is 0 Å². The lowest BCUT2D eigenvalue weighted by molar-refractivity contribution is 0.210. The van der Waals surface area contributed by atoms with Crippen molar-refractivity contribution >= 4 is 17.3 Å². The molecule has 0 atom stereocenters. The van der Waals surface area contributed by atoms with Gasteiger partial charge in [0.2, 0.25) is 0 Å². The molecule has 2 nitrogen and oxygen atoms in total. The Hall–Kier alpha value is -0.870.